The van der Waals surface area contributed by atoms with Crippen LogP contribution in [0.1, 0.15) is 6.92 Å². The van der Waals surface area contributed by atoms with Crippen LogP contribution >= 0.6 is 0 Å². The average Bonchev–Trinajstić information content (AvgIpc) is 2.17. The van der Waals surface area contributed by atoms with Crippen molar-refractivity contribution in [2.45, 2.75) is 12.2 Å². The summed E-state index contributed by atoms with van der Waals surface area (Å²) >= 11 is 0. The lowest BCUT2D eigenvalue weighted by Crippen LogP contribution is -2.31. The first-order chi connectivity index (χ1) is 6.56. The Balaban J connectivity index is 2.79. The van der Waals surface area contributed by atoms with Gasteiger partial charge in [-0.1, -0.05) is 6.07 Å². The van der Waals surface area contributed by atoms with Crippen LogP contribution in [0, 0.1) is 0 Å². The molecular weight excluding hydrogens is 202 g/mol. The summed E-state index contributed by atoms with van der Waals surface area (Å²) in [5.74, 6) is 0.313. The van der Waals surface area contributed by atoms with E-state index >= 15 is 0 Å². The number of sulfonamides is 1. The Morgan fingerprint density at radius 3 is 2.79 bits per heavy atom. The number of nitrogens with zero attached hydrogens (tertiary/aromatic N) is 1. The first-order valence-corrected chi connectivity index (χ1v) is 5.73. The van der Waals surface area contributed by atoms with Crippen molar-refractivity contribution in [1.82, 2.24) is 4.98 Å². The molecule has 0 aliphatic rings. The van der Waals surface area contributed by atoms with Gasteiger partial charge < -0.3 is 5.73 Å². The van der Waals surface area contributed by atoms with E-state index in [4.69, 9.17) is 5.73 Å². The smallest absolute Gasteiger partial charge is 0.237 e. The van der Waals surface area contributed by atoms with E-state index in [2.05, 4.69) is 9.71 Å². The van der Waals surface area contributed by atoms with E-state index in [1.807, 2.05) is 0 Å². The molecule has 1 rings (SSSR count). The zero-order valence-electron chi connectivity index (χ0n) is 7.84. The summed E-state index contributed by atoms with van der Waals surface area (Å²) in [6, 6.07) is 5.00. The van der Waals surface area contributed by atoms with Crippen molar-refractivity contribution < 1.29 is 8.42 Å². The number of nitrogens with two attached hydrogens (primary N) is 1. The first kappa shape index (κ1) is 10.9. The lowest BCUT2D eigenvalue weighted by atomic mass is 10.5. The van der Waals surface area contributed by atoms with Gasteiger partial charge in [-0.15, -0.1) is 0 Å². The monoisotopic (exact) mass is 215 g/mol. The van der Waals surface area contributed by atoms with E-state index in [1.165, 1.54) is 6.20 Å². The number of rotatable bonds is 4. The molecule has 0 amide bonds. The van der Waals surface area contributed by atoms with Crippen molar-refractivity contribution >= 4 is 15.8 Å². The maximum atomic E-state index is 11.5. The third-order valence-electron chi connectivity index (χ3n) is 1.77. The van der Waals surface area contributed by atoms with Gasteiger partial charge in [0.15, 0.2) is 0 Å². The molecule has 0 saturated carbocycles. The number of nitrogens with one attached hydrogen (secondary N) is 1. The highest BCUT2D eigenvalue weighted by Gasteiger charge is 2.18. The van der Waals surface area contributed by atoms with Crippen LogP contribution in [0.2, 0.25) is 0 Å². The van der Waals surface area contributed by atoms with Gasteiger partial charge >= 0.3 is 0 Å². The molecule has 0 saturated heterocycles. The fraction of sp³-hybridized carbons (Fsp3) is 0.375. The highest BCUT2D eigenvalue weighted by Crippen LogP contribution is 2.06. The topological polar surface area (TPSA) is 85.1 Å². The van der Waals surface area contributed by atoms with Crippen LogP contribution in [0.3, 0.4) is 0 Å². The Kier molecular flexibility index (Phi) is 3.43. The molecule has 1 aromatic heterocycles. The molecule has 0 aliphatic carbocycles. The summed E-state index contributed by atoms with van der Waals surface area (Å²) in [4.78, 5) is 3.85. The lowest BCUT2D eigenvalue weighted by Gasteiger charge is -2.11. The average molecular weight is 215 g/mol. The van der Waals surface area contributed by atoms with Crippen molar-refractivity contribution in [3.63, 3.8) is 0 Å². The molecule has 6 heteroatoms. The Hall–Kier alpha value is -1.14. The Morgan fingerprint density at radius 1 is 1.57 bits per heavy atom. The third-order valence-corrected chi connectivity index (χ3v) is 3.52. The minimum atomic E-state index is -3.40. The van der Waals surface area contributed by atoms with E-state index < -0.39 is 15.3 Å². The molecule has 0 aromatic carbocycles. The molecule has 14 heavy (non-hydrogen) atoms. The van der Waals surface area contributed by atoms with Crippen LogP contribution in [0.4, 0.5) is 5.82 Å². The molecule has 0 spiro atoms. The molecule has 0 aliphatic heterocycles. The summed E-state index contributed by atoms with van der Waals surface area (Å²) in [6.07, 6.45) is 1.52. The van der Waals surface area contributed by atoms with Crippen molar-refractivity contribution in [3.8, 4) is 0 Å². The Morgan fingerprint density at radius 2 is 2.29 bits per heavy atom. The van der Waals surface area contributed by atoms with E-state index in [0.717, 1.165) is 0 Å². The molecule has 78 valence electrons. The SMILES string of the molecule is CC(CN)S(=O)(=O)Nc1ccccn1. The maximum absolute atomic E-state index is 11.5. The largest absolute Gasteiger partial charge is 0.329 e. The summed E-state index contributed by atoms with van der Waals surface area (Å²) in [6.45, 7) is 1.63. The molecule has 3 N–H and O–H groups in total. The second kappa shape index (κ2) is 4.39. The van der Waals surface area contributed by atoms with Gasteiger partial charge in [0.25, 0.3) is 0 Å². The summed E-state index contributed by atoms with van der Waals surface area (Å²) in [5, 5.41) is -0.621. The van der Waals surface area contributed by atoms with E-state index in [9.17, 15) is 8.42 Å². The molecule has 1 heterocycles. The summed E-state index contributed by atoms with van der Waals surface area (Å²) in [7, 11) is -3.40. The van der Waals surface area contributed by atoms with E-state index in [-0.39, 0.29) is 6.54 Å². The quantitative estimate of drug-likeness (QED) is 0.749. The molecule has 0 radical (unpaired) electrons. The van der Waals surface area contributed by atoms with Crippen molar-refractivity contribution in [2.75, 3.05) is 11.3 Å². The molecule has 1 unspecified atom stereocenters. The van der Waals surface area contributed by atoms with Gasteiger partial charge in [-0.05, 0) is 19.1 Å². The third kappa shape index (κ3) is 2.68. The zero-order valence-corrected chi connectivity index (χ0v) is 8.66. The zero-order chi connectivity index (χ0) is 10.6. The fourth-order valence-electron chi connectivity index (χ4n) is 0.796. The normalized spacial score (nSPS) is 13.6. The van der Waals surface area contributed by atoms with Crippen molar-refractivity contribution in [3.05, 3.63) is 24.4 Å². The lowest BCUT2D eigenvalue weighted by molar-refractivity contribution is 0.589. The molecule has 1 atom stereocenters. The van der Waals surface area contributed by atoms with Gasteiger partial charge in [-0.25, -0.2) is 13.4 Å². The first-order valence-electron chi connectivity index (χ1n) is 4.19. The van der Waals surface area contributed by atoms with Gasteiger partial charge in [-0.2, -0.15) is 0 Å². The van der Waals surface area contributed by atoms with E-state index in [1.54, 1.807) is 25.1 Å². The number of hydrogen-bond acceptors (Lipinski definition) is 4. The van der Waals surface area contributed by atoms with Gasteiger partial charge in [0.05, 0.1) is 5.25 Å². The van der Waals surface area contributed by atoms with Crippen molar-refractivity contribution in [2.24, 2.45) is 5.73 Å². The van der Waals surface area contributed by atoms with Crippen LogP contribution in [0.25, 0.3) is 0 Å². The summed E-state index contributed by atoms with van der Waals surface area (Å²) < 4.78 is 25.3. The second-order valence-corrected chi connectivity index (χ2v) is 5.01. The van der Waals surface area contributed by atoms with Crippen LogP contribution in [-0.4, -0.2) is 25.2 Å². The van der Waals surface area contributed by atoms with Crippen LogP contribution in [0.5, 0.6) is 0 Å². The van der Waals surface area contributed by atoms with Crippen molar-refractivity contribution in [1.29, 1.82) is 0 Å². The maximum Gasteiger partial charge on any atom is 0.237 e. The molecule has 1 aromatic rings. The number of hydrogen-bond donors (Lipinski definition) is 2. The highest BCUT2D eigenvalue weighted by atomic mass is 32.2. The summed E-state index contributed by atoms with van der Waals surface area (Å²) in [5.41, 5.74) is 5.27. The number of anilines is 1. The predicted octanol–water partition coefficient (Wildman–Crippen LogP) is 0.170. The van der Waals surface area contributed by atoms with E-state index in [0.29, 0.717) is 5.82 Å². The van der Waals surface area contributed by atoms with Gasteiger partial charge in [0.1, 0.15) is 5.82 Å². The second-order valence-electron chi connectivity index (χ2n) is 2.91. The predicted molar refractivity (Wildman–Crippen MR) is 55.3 cm³/mol. The fourth-order valence-corrected chi connectivity index (χ4v) is 1.66. The number of aromatic nitrogens is 1. The molecule has 0 fully saturated rings. The van der Waals surface area contributed by atoms with Gasteiger partial charge in [-0.3, -0.25) is 4.72 Å². The number of pyridine rings is 1. The van der Waals surface area contributed by atoms with Crippen LogP contribution in [-0.2, 0) is 10.0 Å². The van der Waals surface area contributed by atoms with Gasteiger partial charge in [0, 0.05) is 12.7 Å². The Labute approximate surface area is 83.4 Å². The molecule has 0 bridgehead atoms. The minimum Gasteiger partial charge on any atom is -0.329 e. The Bertz CT molecular complexity index is 377. The standard InChI is InChI=1S/C8H13N3O2S/c1-7(6-9)14(12,13)11-8-4-2-3-5-10-8/h2-5,7H,6,9H2,1H3,(H,10,11). The molecule has 5 nitrogen and oxygen atoms in total. The van der Waals surface area contributed by atoms with Crippen LogP contribution in [0.15, 0.2) is 24.4 Å². The minimum absolute atomic E-state index is 0.0855. The molecular formula is C8H13N3O2S. The van der Waals surface area contributed by atoms with Gasteiger partial charge in [0.2, 0.25) is 10.0 Å². The van der Waals surface area contributed by atoms with Crippen LogP contribution < -0.4 is 10.5 Å². The highest BCUT2D eigenvalue weighted by molar-refractivity contribution is 7.93.